The second-order valence-corrected chi connectivity index (χ2v) is 5.02. The summed E-state index contributed by atoms with van der Waals surface area (Å²) in [6.45, 7) is 0. The molecule has 1 heterocycles. The van der Waals surface area contributed by atoms with Crippen molar-refractivity contribution < 1.29 is 24.3 Å². The maximum atomic E-state index is 12.1. The van der Waals surface area contributed by atoms with Gasteiger partial charge in [0.25, 0.3) is 5.91 Å². The number of carbonyl (C=O) groups is 4. The van der Waals surface area contributed by atoms with Gasteiger partial charge in [0.2, 0.25) is 11.8 Å². The molecule has 7 nitrogen and oxygen atoms in total. The van der Waals surface area contributed by atoms with E-state index in [1.807, 2.05) is 0 Å². The average Bonchev–Trinajstić information content (AvgIpc) is 2.80. The zero-order valence-corrected chi connectivity index (χ0v) is 12.9. The number of halogens is 1. The van der Waals surface area contributed by atoms with Gasteiger partial charge in [-0.25, -0.2) is 9.80 Å². The fraction of sp³-hybridized carbons (Fsp3) is 0.231. The SMILES string of the molecule is O=C(O)c1ccccc1N(C(=O)CI)N1C(=O)CCC1=O. The van der Waals surface area contributed by atoms with Gasteiger partial charge in [-0.3, -0.25) is 14.4 Å². The van der Waals surface area contributed by atoms with Gasteiger partial charge in [0.1, 0.15) is 0 Å². The normalized spacial score (nSPS) is 14.4. The third-order valence-corrected chi connectivity index (χ3v) is 3.59. The molecule has 1 aliphatic rings. The van der Waals surface area contributed by atoms with E-state index in [1.54, 1.807) is 28.7 Å². The van der Waals surface area contributed by atoms with E-state index in [4.69, 9.17) is 0 Å². The highest BCUT2D eigenvalue weighted by Gasteiger charge is 2.38. The molecule has 1 aromatic carbocycles. The number of benzene rings is 1. The summed E-state index contributed by atoms with van der Waals surface area (Å²) >= 11 is 1.80. The monoisotopic (exact) mass is 402 g/mol. The van der Waals surface area contributed by atoms with Gasteiger partial charge in [-0.2, -0.15) is 5.01 Å². The number of aromatic carboxylic acids is 1. The molecule has 2 rings (SSSR count). The number of carboxylic acid groups (broad SMARTS) is 1. The first-order valence-electron chi connectivity index (χ1n) is 6.04. The van der Waals surface area contributed by atoms with Crippen molar-refractivity contribution in [2.45, 2.75) is 12.8 Å². The van der Waals surface area contributed by atoms with E-state index in [9.17, 15) is 24.3 Å². The molecule has 0 aliphatic carbocycles. The summed E-state index contributed by atoms with van der Waals surface area (Å²) in [4.78, 5) is 47.2. The molecule has 1 N–H and O–H groups in total. The van der Waals surface area contributed by atoms with Crippen molar-refractivity contribution in [1.29, 1.82) is 0 Å². The molecule has 8 heteroatoms. The number of hydrazine groups is 1. The van der Waals surface area contributed by atoms with E-state index in [1.165, 1.54) is 18.2 Å². The van der Waals surface area contributed by atoms with Gasteiger partial charge in [-0.1, -0.05) is 34.7 Å². The van der Waals surface area contributed by atoms with Crippen molar-refractivity contribution in [3.63, 3.8) is 0 Å². The Bertz CT molecular complexity index is 615. The van der Waals surface area contributed by atoms with Gasteiger partial charge in [0, 0.05) is 12.8 Å². The molecule has 3 amide bonds. The molecule has 0 unspecified atom stereocenters. The first kappa shape index (κ1) is 15.4. The second kappa shape index (κ2) is 6.20. The van der Waals surface area contributed by atoms with Crippen LogP contribution < -0.4 is 5.01 Å². The number of imide groups is 1. The molecule has 0 atom stereocenters. The van der Waals surface area contributed by atoms with Crippen LogP contribution in [0.2, 0.25) is 0 Å². The Kier molecular flexibility index (Phi) is 4.56. The zero-order chi connectivity index (χ0) is 15.6. The quantitative estimate of drug-likeness (QED) is 0.464. The highest BCUT2D eigenvalue weighted by atomic mass is 127. The van der Waals surface area contributed by atoms with Crippen molar-refractivity contribution in [3.8, 4) is 0 Å². The third kappa shape index (κ3) is 2.89. The van der Waals surface area contributed by atoms with Gasteiger partial charge in [-0.05, 0) is 12.1 Å². The molecule has 0 bridgehead atoms. The van der Waals surface area contributed by atoms with Crippen LogP contribution in [0.25, 0.3) is 0 Å². The summed E-state index contributed by atoms with van der Waals surface area (Å²) < 4.78 is 0.00275. The third-order valence-electron chi connectivity index (χ3n) is 2.94. The van der Waals surface area contributed by atoms with Crippen molar-refractivity contribution in [2.75, 3.05) is 9.44 Å². The number of anilines is 1. The molecule has 0 saturated carbocycles. The number of rotatable bonds is 4. The van der Waals surface area contributed by atoms with Crippen LogP contribution in [0.1, 0.15) is 23.2 Å². The first-order chi connectivity index (χ1) is 9.97. The minimum atomic E-state index is -1.24. The van der Waals surface area contributed by atoms with Crippen LogP contribution in [0.4, 0.5) is 5.69 Å². The number of amides is 3. The summed E-state index contributed by atoms with van der Waals surface area (Å²) in [7, 11) is 0. The number of para-hydroxylation sites is 1. The molecule has 110 valence electrons. The van der Waals surface area contributed by atoms with E-state index < -0.39 is 23.7 Å². The summed E-state index contributed by atoms with van der Waals surface area (Å²) in [5.74, 6) is -2.80. The average molecular weight is 402 g/mol. The number of carbonyl (C=O) groups excluding carboxylic acids is 3. The van der Waals surface area contributed by atoms with Crippen LogP contribution in [0, 0.1) is 0 Å². The van der Waals surface area contributed by atoms with Crippen LogP contribution in [-0.4, -0.2) is 38.2 Å². The summed E-state index contributed by atoms with van der Waals surface area (Å²) in [5.41, 5.74) is -0.140. The Morgan fingerprint density at radius 1 is 1.19 bits per heavy atom. The summed E-state index contributed by atoms with van der Waals surface area (Å²) in [5, 5.41) is 10.8. The van der Waals surface area contributed by atoms with Crippen LogP contribution in [0.5, 0.6) is 0 Å². The summed E-state index contributed by atoms with van der Waals surface area (Å²) in [6, 6.07) is 5.76. The smallest absolute Gasteiger partial charge is 0.337 e. The van der Waals surface area contributed by atoms with E-state index in [0.717, 1.165) is 10.0 Å². The fourth-order valence-corrected chi connectivity index (χ4v) is 2.36. The molecular formula is C13H11IN2O5. The van der Waals surface area contributed by atoms with Crippen LogP contribution in [0.15, 0.2) is 24.3 Å². The predicted molar refractivity (Wildman–Crippen MR) is 80.9 cm³/mol. The van der Waals surface area contributed by atoms with Crippen LogP contribution in [0.3, 0.4) is 0 Å². The zero-order valence-electron chi connectivity index (χ0n) is 10.8. The molecule has 1 aliphatic heterocycles. The molecule has 21 heavy (non-hydrogen) atoms. The molecule has 1 aromatic rings. The predicted octanol–water partition coefficient (Wildman–Crippen LogP) is 1.22. The van der Waals surface area contributed by atoms with Gasteiger partial charge in [0.05, 0.1) is 15.7 Å². The van der Waals surface area contributed by atoms with E-state index in [-0.39, 0.29) is 28.5 Å². The summed E-state index contributed by atoms with van der Waals surface area (Å²) in [6.07, 6.45) is 0.0260. The Morgan fingerprint density at radius 2 is 1.76 bits per heavy atom. The number of alkyl halides is 1. The van der Waals surface area contributed by atoms with Crippen molar-refractivity contribution in [2.24, 2.45) is 0 Å². The van der Waals surface area contributed by atoms with Gasteiger partial charge >= 0.3 is 5.97 Å². The van der Waals surface area contributed by atoms with Crippen molar-refractivity contribution in [1.82, 2.24) is 5.01 Å². The highest BCUT2D eigenvalue weighted by Crippen LogP contribution is 2.26. The standard InChI is InChI=1S/C13H11IN2O5/c14-7-12(19)15(16-10(17)5-6-11(16)18)9-4-2-1-3-8(9)13(20)21/h1-4H,5-7H2,(H,20,21). The maximum Gasteiger partial charge on any atom is 0.337 e. The first-order valence-corrected chi connectivity index (χ1v) is 7.57. The fourth-order valence-electron chi connectivity index (χ4n) is 2.04. The minimum Gasteiger partial charge on any atom is -0.478 e. The molecule has 1 fully saturated rings. The van der Waals surface area contributed by atoms with Crippen molar-refractivity contribution >= 4 is 52.0 Å². The van der Waals surface area contributed by atoms with Crippen molar-refractivity contribution in [3.05, 3.63) is 29.8 Å². The van der Waals surface area contributed by atoms with Gasteiger partial charge < -0.3 is 5.11 Å². The highest BCUT2D eigenvalue weighted by molar-refractivity contribution is 14.1. The Hall–Kier alpha value is -1.97. The number of carboxylic acids is 1. The lowest BCUT2D eigenvalue weighted by atomic mass is 10.1. The lowest BCUT2D eigenvalue weighted by Gasteiger charge is -2.30. The molecule has 0 radical (unpaired) electrons. The van der Waals surface area contributed by atoms with Crippen LogP contribution in [-0.2, 0) is 14.4 Å². The van der Waals surface area contributed by atoms with E-state index >= 15 is 0 Å². The lowest BCUT2D eigenvalue weighted by molar-refractivity contribution is -0.142. The molecular weight excluding hydrogens is 391 g/mol. The van der Waals surface area contributed by atoms with E-state index in [0.29, 0.717) is 0 Å². The Balaban J connectivity index is 2.57. The second-order valence-electron chi connectivity index (χ2n) is 4.26. The maximum absolute atomic E-state index is 12.1. The number of hydrogen-bond acceptors (Lipinski definition) is 4. The number of nitrogens with zero attached hydrogens (tertiary/aromatic N) is 2. The van der Waals surface area contributed by atoms with Gasteiger partial charge in [0.15, 0.2) is 0 Å². The molecule has 0 aromatic heterocycles. The van der Waals surface area contributed by atoms with E-state index in [2.05, 4.69) is 0 Å². The minimum absolute atomic E-state index is 0.00275. The largest absolute Gasteiger partial charge is 0.478 e. The Morgan fingerprint density at radius 3 is 2.29 bits per heavy atom. The van der Waals surface area contributed by atoms with Crippen LogP contribution >= 0.6 is 22.6 Å². The number of hydrogen-bond donors (Lipinski definition) is 1. The molecule has 1 saturated heterocycles. The lowest BCUT2D eigenvalue weighted by Crippen LogP contribution is -2.50. The molecule has 0 spiro atoms. The topological polar surface area (TPSA) is 95.0 Å². The van der Waals surface area contributed by atoms with Gasteiger partial charge in [-0.15, -0.1) is 0 Å². The Labute approximate surface area is 133 Å².